The van der Waals surface area contributed by atoms with Gasteiger partial charge < -0.3 is 18.9 Å². The first-order valence-corrected chi connectivity index (χ1v) is 13.0. The summed E-state index contributed by atoms with van der Waals surface area (Å²) in [5.41, 5.74) is -1.01. The topological polar surface area (TPSA) is 71.1 Å². The average molecular weight is 477 g/mol. The predicted octanol–water partition coefficient (Wildman–Crippen LogP) is 7.94. The molecule has 0 amide bonds. The van der Waals surface area contributed by atoms with E-state index in [0.29, 0.717) is 18.1 Å². The Morgan fingerprint density at radius 2 is 1.56 bits per heavy atom. The highest BCUT2D eigenvalue weighted by Gasteiger charge is 2.45. The number of carbonyl (C=O) groups excluding carboxylic acids is 2. The van der Waals surface area contributed by atoms with Crippen molar-refractivity contribution in [2.75, 3.05) is 6.61 Å². The number of benzene rings is 1. The Labute approximate surface area is 205 Å². The van der Waals surface area contributed by atoms with Crippen LogP contribution in [0, 0.1) is 17.8 Å². The monoisotopic (exact) mass is 476 g/mol. The van der Waals surface area contributed by atoms with Crippen LogP contribution in [0.3, 0.4) is 0 Å². The molecule has 1 saturated heterocycles. The summed E-state index contributed by atoms with van der Waals surface area (Å²) in [6.45, 7) is 11.1. The lowest BCUT2D eigenvalue weighted by atomic mass is 9.88. The molecule has 0 spiro atoms. The summed E-state index contributed by atoms with van der Waals surface area (Å²) in [4.78, 5) is 24.0. The SMILES string of the molecule is CC(C)CCCC(C)CCCC(C)CCCC(C)(OC(=O)Oc1ccccc1)C1COC(=O)O1. The quantitative estimate of drug-likeness (QED) is 0.189. The molecule has 0 aromatic heterocycles. The van der Waals surface area contributed by atoms with E-state index in [2.05, 4.69) is 27.7 Å². The summed E-state index contributed by atoms with van der Waals surface area (Å²) in [6, 6.07) is 8.77. The van der Waals surface area contributed by atoms with Crippen LogP contribution in [0.4, 0.5) is 9.59 Å². The van der Waals surface area contributed by atoms with Gasteiger partial charge in [0.25, 0.3) is 0 Å². The van der Waals surface area contributed by atoms with Gasteiger partial charge in [-0.25, -0.2) is 9.59 Å². The van der Waals surface area contributed by atoms with E-state index in [1.54, 1.807) is 31.2 Å². The molecule has 1 heterocycles. The molecular weight excluding hydrogens is 432 g/mol. The number of rotatable bonds is 15. The van der Waals surface area contributed by atoms with Crippen LogP contribution in [0.1, 0.15) is 92.4 Å². The minimum atomic E-state index is -1.01. The highest BCUT2D eigenvalue weighted by atomic mass is 16.8. The van der Waals surface area contributed by atoms with Gasteiger partial charge in [-0.1, -0.05) is 90.8 Å². The second-order valence-electron chi connectivity index (χ2n) is 10.6. The van der Waals surface area contributed by atoms with Crippen molar-refractivity contribution in [3.63, 3.8) is 0 Å². The maximum atomic E-state index is 12.5. The maximum absolute atomic E-state index is 12.5. The molecule has 0 radical (unpaired) electrons. The molecule has 1 aliphatic heterocycles. The van der Waals surface area contributed by atoms with Crippen LogP contribution in [0.25, 0.3) is 0 Å². The number of carbonyl (C=O) groups is 2. The van der Waals surface area contributed by atoms with Crippen molar-refractivity contribution < 1.29 is 28.5 Å². The average Bonchev–Trinajstić information content (AvgIpc) is 3.21. The molecule has 6 nitrogen and oxygen atoms in total. The Kier molecular flexibility index (Phi) is 11.7. The highest BCUT2D eigenvalue weighted by molar-refractivity contribution is 5.65. The van der Waals surface area contributed by atoms with Crippen LogP contribution in [0.5, 0.6) is 5.75 Å². The molecule has 0 N–H and O–H groups in total. The fourth-order valence-electron chi connectivity index (χ4n) is 4.48. The van der Waals surface area contributed by atoms with Crippen molar-refractivity contribution in [2.24, 2.45) is 17.8 Å². The van der Waals surface area contributed by atoms with Gasteiger partial charge in [0.15, 0.2) is 11.7 Å². The number of para-hydroxylation sites is 1. The van der Waals surface area contributed by atoms with Crippen molar-refractivity contribution in [2.45, 2.75) is 104 Å². The van der Waals surface area contributed by atoms with Crippen LogP contribution in [-0.4, -0.2) is 30.6 Å². The third-order valence-electron chi connectivity index (χ3n) is 6.78. The smallest absolute Gasteiger partial charge is 0.430 e. The van der Waals surface area contributed by atoms with E-state index >= 15 is 0 Å². The maximum Gasteiger partial charge on any atom is 0.514 e. The van der Waals surface area contributed by atoms with Gasteiger partial charge in [0.2, 0.25) is 0 Å². The first-order valence-electron chi connectivity index (χ1n) is 13.0. The molecule has 4 atom stereocenters. The van der Waals surface area contributed by atoms with E-state index in [1.807, 2.05) is 6.07 Å². The lowest BCUT2D eigenvalue weighted by molar-refractivity contribution is -0.0775. The van der Waals surface area contributed by atoms with Crippen LogP contribution >= 0.6 is 0 Å². The predicted molar refractivity (Wildman–Crippen MR) is 133 cm³/mol. The van der Waals surface area contributed by atoms with Gasteiger partial charge in [0.1, 0.15) is 12.4 Å². The Bertz CT molecular complexity index is 734. The molecule has 1 aliphatic rings. The standard InChI is InChI=1S/C28H44O6/c1-21(2)12-9-13-22(3)14-10-15-23(4)16-11-19-28(5,25-20-31-26(29)33-25)34-27(30)32-24-17-7-6-8-18-24/h6-8,17-18,21-23,25H,9-16,19-20H2,1-5H3. The Morgan fingerprint density at radius 1 is 0.971 bits per heavy atom. The fraction of sp³-hybridized carbons (Fsp3) is 0.714. The summed E-state index contributed by atoms with van der Waals surface area (Å²) in [5.74, 6) is 2.57. The normalized spacial score (nSPS) is 19.1. The van der Waals surface area contributed by atoms with Gasteiger partial charge in [-0.2, -0.15) is 0 Å². The molecular formula is C28H44O6. The molecule has 0 bridgehead atoms. The first-order chi connectivity index (χ1) is 16.2. The Hall–Kier alpha value is -2.24. The second kappa shape index (κ2) is 14.2. The van der Waals surface area contributed by atoms with Gasteiger partial charge >= 0.3 is 12.3 Å². The number of cyclic esters (lactones) is 2. The number of ether oxygens (including phenoxy) is 4. The van der Waals surface area contributed by atoms with Gasteiger partial charge in [-0.15, -0.1) is 0 Å². The number of hydrogen-bond acceptors (Lipinski definition) is 6. The Balaban J connectivity index is 1.77. The summed E-state index contributed by atoms with van der Waals surface area (Å²) in [7, 11) is 0. The van der Waals surface area contributed by atoms with Crippen LogP contribution < -0.4 is 4.74 Å². The van der Waals surface area contributed by atoms with E-state index < -0.39 is 24.0 Å². The first kappa shape index (κ1) is 28.0. The zero-order valence-electron chi connectivity index (χ0n) is 21.7. The van der Waals surface area contributed by atoms with E-state index in [0.717, 1.165) is 24.7 Å². The van der Waals surface area contributed by atoms with E-state index in [9.17, 15) is 9.59 Å². The molecule has 1 aromatic rings. The molecule has 0 saturated carbocycles. The summed E-state index contributed by atoms with van der Waals surface area (Å²) in [5, 5.41) is 0. The van der Waals surface area contributed by atoms with Gasteiger partial charge in [-0.3, -0.25) is 0 Å². The van der Waals surface area contributed by atoms with Crippen LogP contribution in [0.15, 0.2) is 30.3 Å². The molecule has 34 heavy (non-hydrogen) atoms. The van der Waals surface area contributed by atoms with Crippen LogP contribution in [-0.2, 0) is 14.2 Å². The lowest BCUT2D eigenvalue weighted by Gasteiger charge is -2.32. The largest absolute Gasteiger partial charge is 0.514 e. The van der Waals surface area contributed by atoms with E-state index in [1.165, 1.54) is 38.5 Å². The molecule has 6 heteroatoms. The molecule has 4 unspecified atom stereocenters. The van der Waals surface area contributed by atoms with Crippen molar-refractivity contribution in [3.05, 3.63) is 30.3 Å². The zero-order chi connectivity index (χ0) is 25.0. The van der Waals surface area contributed by atoms with Crippen molar-refractivity contribution in [1.29, 1.82) is 0 Å². The van der Waals surface area contributed by atoms with E-state index in [4.69, 9.17) is 18.9 Å². The van der Waals surface area contributed by atoms with E-state index in [-0.39, 0.29) is 6.61 Å². The zero-order valence-corrected chi connectivity index (χ0v) is 21.7. The lowest BCUT2D eigenvalue weighted by Crippen LogP contribution is -2.46. The van der Waals surface area contributed by atoms with Crippen molar-refractivity contribution in [3.8, 4) is 5.75 Å². The summed E-state index contributed by atoms with van der Waals surface area (Å²) < 4.78 is 21.2. The summed E-state index contributed by atoms with van der Waals surface area (Å²) >= 11 is 0. The van der Waals surface area contributed by atoms with Gasteiger partial charge in [0, 0.05) is 0 Å². The fourth-order valence-corrected chi connectivity index (χ4v) is 4.48. The second-order valence-corrected chi connectivity index (χ2v) is 10.6. The molecule has 192 valence electrons. The Morgan fingerprint density at radius 3 is 2.12 bits per heavy atom. The third-order valence-corrected chi connectivity index (χ3v) is 6.78. The minimum Gasteiger partial charge on any atom is -0.430 e. The molecule has 0 aliphatic carbocycles. The minimum absolute atomic E-state index is 0.0677. The van der Waals surface area contributed by atoms with Gasteiger partial charge in [0.05, 0.1) is 0 Å². The van der Waals surface area contributed by atoms with Crippen LogP contribution in [0.2, 0.25) is 0 Å². The van der Waals surface area contributed by atoms with Gasteiger partial charge in [-0.05, 0) is 49.7 Å². The summed E-state index contributed by atoms with van der Waals surface area (Å²) in [6.07, 6.45) is 7.95. The molecule has 1 fully saturated rings. The highest BCUT2D eigenvalue weighted by Crippen LogP contribution is 2.31. The molecule has 2 rings (SSSR count). The van der Waals surface area contributed by atoms with Crippen molar-refractivity contribution in [1.82, 2.24) is 0 Å². The number of hydrogen-bond donors (Lipinski definition) is 0. The molecule has 1 aromatic carbocycles. The third kappa shape index (κ3) is 10.4. The van der Waals surface area contributed by atoms with Crippen molar-refractivity contribution >= 4 is 12.3 Å².